The van der Waals surface area contributed by atoms with Crippen molar-refractivity contribution < 1.29 is 0 Å². The molecule has 0 nitrogen and oxygen atoms in total. The van der Waals surface area contributed by atoms with E-state index >= 15 is 0 Å². The fourth-order valence-electron chi connectivity index (χ4n) is 2.16. The molecule has 0 aromatic rings. The van der Waals surface area contributed by atoms with Gasteiger partial charge in [-0.3, -0.25) is 0 Å². The van der Waals surface area contributed by atoms with Crippen LogP contribution in [0.3, 0.4) is 0 Å². The van der Waals surface area contributed by atoms with Gasteiger partial charge in [0.05, 0.1) is 0 Å². The molecule has 0 saturated heterocycles. The van der Waals surface area contributed by atoms with Gasteiger partial charge in [-0.25, -0.2) is 0 Å². The molecule has 0 N–H and O–H groups in total. The van der Waals surface area contributed by atoms with E-state index in [0.29, 0.717) is 0 Å². The zero-order valence-corrected chi connectivity index (χ0v) is 22.6. The molecule has 0 aromatic heterocycles. The summed E-state index contributed by atoms with van der Waals surface area (Å²) in [6.07, 6.45) is 11.3. The van der Waals surface area contributed by atoms with Gasteiger partial charge in [0.1, 0.15) is 9.70 Å². The third-order valence-corrected chi connectivity index (χ3v) is 14.3. The molecule has 0 atom stereocenters. The van der Waals surface area contributed by atoms with Crippen molar-refractivity contribution in [2.24, 2.45) is 0 Å². The van der Waals surface area contributed by atoms with E-state index in [-0.39, 0.29) is 34.1 Å². The molecule has 19 heavy (non-hydrogen) atoms. The van der Waals surface area contributed by atoms with Gasteiger partial charge in [0, 0.05) is 24.4 Å². The van der Waals surface area contributed by atoms with Crippen LogP contribution in [0, 0.1) is 0 Å². The number of halogens is 6. The topological polar surface area (TPSA) is 0 Å². The van der Waals surface area contributed by atoms with E-state index in [1.165, 1.54) is 44.9 Å². The van der Waals surface area contributed by atoms with Crippen molar-refractivity contribution in [2.45, 2.75) is 67.5 Å². The number of hydrogen-bond donors (Lipinski definition) is 0. The van der Waals surface area contributed by atoms with Gasteiger partial charge in [-0.1, -0.05) is 141 Å². The summed E-state index contributed by atoms with van der Waals surface area (Å²) in [7, 11) is 0. The van der Waals surface area contributed by atoms with Crippen LogP contribution < -0.4 is 0 Å². The minimum absolute atomic E-state index is 0. The maximum atomic E-state index is 3.85. The molecule has 1 aliphatic carbocycles. The van der Waals surface area contributed by atoms with Gasteiger partial charge < -0.3 is 0 Å². The summed E-state index contributed by atoms with van der Waals surface area (Å²) in [6, 6.07) is 0. The van der Waals surface area contributed by atoms with Crippen molar-refractivity contribution in [1.82, 2.24) is 0 Å². The molecule has 0 bridgehead atoms. The smallest absolute Gasteiger partial charge is 0.0701 e. The van der Waals surface area contributed by atoms with Gasteiger partial charge in [0.2, 0.25) is 0 Å². The van der Waals surface area contributed by atoms with Crippen molar-refractivity contribution in [3.8, 4) is 0 Å². The maximum absolute atomic E-state index is 3.85. The SMILES string of the molecule is BrC1(Br)CCCCCCCCCC(Br)(Br)C1(Br)Br.[Sb]. The quantitative estimate of drug-likeness (QED) is 0.176. The summed E-state index contributed by atoms with van der Waals surface area (Å²) < 4.78 is -0.655. The van der Waals surface area contributed by atoms with Crippen molar-refractivity contribution in [3.63, 3.8) is 0 Å². The van der Waals surface area contributed by atoms with Crippen LogP contribution in [0.5, 0.6) is 0 Å². The molecule has 1 fully saturated rings. The Morgan fingerprint density at radius 1 is 0.474 bits per heavy atom. The van der Waals surface area contributed by atoms with Crippen molar-refractivity contribution in [2.75, 3.05) is 0 Å². The molecule has 0 unspecified atom stereocenters. The Morgan fingerprint density at radius 3 is 1.05 bits per heavy atom. The van der Waals surface area contributed by atoms with Gasteiger partial charge in [-0.2, -0.15) is 0 Å². The monoisotopic (exact) mass is 757 g/mol. The molecule has 0 aromatic carbocycles. The van der Waals surface area contributed by atoms with Gasteiger partial charge in [0.15, 0.2) is 0 Å². The first-order valence-electron chi connectivity index (χ1n) is 6.34. The van der Waals surface area contributed by atoms with E-state index < -0.39 is 0 Å². The van der Waals surface area contributed by atoms with Crippen molar-refractivity contribution in [3.05, 3.63) is 0 Å². The number of hydrogen-bond acceptors (Lipinski definition) is 0. The molecule has 1 saturated carbocycles. The van der Waals surface area contributed by atoms with Crippen LogP contribution in [0.15, 0.2) is 0 Å². The fourth-order valence-corrected chi connectivity index (χ4v) is 6.49. The summed E-state index contributed by atoms with van der Waals surface area (Å²) in [6.45, 7) is 0. The van der Waals surface area contributed by atoms with Gasteiger partial charge >= 0.3 is 0 Å². The largest absolute Gasteiger partial charge is 0.130 e. The summed E-state index contributed by atoms with van der Waals surface area (Å²) in [4.78, 5) is 0. The second kappa shape index (κ2) is 9.86. The van der Waals surface area contributed by atoms with E-state index in [4.69, 9.17) is 0 Å². The Labute approximate surface area is 185 Å². The summed E-state index contributed by atoms with van der Waals surface area (Å²) >= 11 is 23.1. The average molecular weight is 763 g/mol. The molecule has 0 aliphatic heterocycles. The Kier molecular flexibility index (Phi) is 11.8. The standard InChI is InChI=1S/C12H18Br6.Sb/c13-10(14)8-6-4-2-1-3-5-7-9-11(15,16)12(10,17)18;/h1-9H2;. The fraction of sp³-hybridized carbons (Fsp3) is 1.00. The molecule has 1 rings (SSSR count). The second-order valence-corrected chi connectivity index (χ2v) is 15.9. The molecule has 0 amide bonds. The van der Waals surface area contributed by atoms with E-state index in [1.54, 1.807) is 0 Å². The van der Waals surface area contributed by atoms with Crippen molar-refractivity contribution in [1.29, 1.82) is 0 Å². The van der Waals surface area contributed by atoms with Gasteiger partial charge in [0.25, 0.3) is 0 Å². The Bertz CT molecular complexity index is 243. The van der Waals surface area contributed by atoms with E-state index in [9.17, 15) is 0 Å². The number of rotatable bonds is 0. The van der Waals surface area contributed by atoms with Crippen LogP contribution >= 0.6 is 95.6 Å². The first-order chi connectivity index (χ1) is 8.21. The third-order valence-electron chi connectivity index (χ3n) is 3.40. The average Bonchev–Trinajstić information content (AvgIpc) is 2.25. The molecular formula is C12H18Br6Sb. The van der Waals surface area contributed by atoms with Crippen LogP contribution in [0.25, 0.3) is 0 Å². The second-order valence-electron chi connectivity index (χ2n) is 4.96. The predicted octanol–water partition coefficient (Wildman–Crippen LogP) is 7.59. The third kappa shape index (κ3) is 6.61. The minimum atomic E-state index is -0.292. The molecule has 113 valence electrons. The van der Waals surface area contributed by atoms with Crippen LogP contribution in [-0.2, 0) is 0 Å². The first-order valence-corrected chi connectivity index (χ1v) is 11.1. The Hall–Kier alpha value is 3.70. The molecule has 0 spiro atoms. The van der Waals surface area contributed by atoms with Gasteiger partial charge in [-0.15, -0.1) is 0 Å². The zero-order valence-electron chi connectivity index (χ0n) is 10.6. The maximum Gasteiger partial charge on any atom is 0.130 e. The molecule has 0 heterocycles. The minimum Gasteiger partial charge on any atom is -0.0701 e. The van der Waals surface area contributed by atoms with E-state index in [2.05, 4.69) is 95.6 Å². The summed E-state index contributed by atoms with van der Waals surface area (Å²) in [5.74, 6) is 0. The molecular weight excluding hydrogens is 745 g/mol. The van der Waals surface area contributed by atoms with Crippen LogP contribution in [0.2, 0.25) is 0 Å². The Morgan fingerprint density at radius 2 is 0.737 bits per heavy atom. The van der Waals surface area contributed by atoms with Gasteiger partial charge in [-0.05, 0) is 12.8 Å². The van der Waals surface area contributed by atoms with E-state index in [1.807, 2.05) is 0 Å². The Balaban J connectivity index is 0.00000324. The first kappa shape index (κ1) is 22.7. The predicted molar refractivity (Wildman–Crippen MR) is 109 cm³/mol. The van der Waals surface area contributed by atoms with Crippen LogP contribution in [-0.4, -0.2) is 34.1 Å². The van der Waals surface area contributed by atoms with E-state index in [0.717, 1.165) is 12.8 Å². The van der Waals surface area contributed by atoms with Crippen molar-refractivity contribution >= 4 is 120 Å². The zero-order chi connectivity index (χ0) is 13.9. The normalized spacial score (nSPS) is 27.5. The molecule has 7 heteroatoms. The van der Waals surface area contributed by atoms with Crippen LogP contribution in [0.1, 0.15) is 57.8 Å². The number of alkyl halides is 6. The summed E-state index contributed by atoms with van der Waals surface area (Å²) in [5.41, 5.74) is 0. The summed E-state index contributed by atoms with van der Waals surface area (Å²) in [5, 5.41) is 0. The molecule has 1 aliphatic rings. The van der Waals surface area contributed by atoms with Crippen LogP contribution in [0.4, 0.5) is 0 Å². The molecule has 3 radical (unpaired) electrons.